The summed E-state index contributed by atoms with van der Waals surface area (Å²) in [5, 5.41) is 16.5. The van der Waals surface area contributed by atoms with Crippen molar-refractivity contribution >= 4 is 33.4 Å². The number of non-ortho nitro benzene ring substituents is 1. The molecule has 0 saturated heterocycles. The highest BCUT2D eigenvalue weighted by atomic mass is 79.9. The number of nitro groups is 1. The number of nitrogens with zero attached hydrogens (tertiary/aromatic N) is 3. The van der Waals surface area contributed by atoms with Gasteiger partial charge in [0.15, 0.2) is 0 Å². The van der Waals surface area contributed by atoms with Crippen LogP contribution in [-0.4, -0.2) is 21.7 Å². The minimum absolute atomic E-state index is 0.0476. The normalized spacial score (nSPS) is 15.1. The van der Waals surface area contributed by atoms with E-state index < -0.39 is 11.2 Å². The Hall–Kier alpha value is -3.72. The zero-order valence-corrected chi connectivity index (χ0v) is 18.6. The first-order valence-electron chi connectivity index (χ1n) is 9.68. The van der Waals surface area contributed by atoms with Crippen LogP contribution < -0.4 is 4.74 Å². The molecule has 0 bridgehead atoms. The molecule has 162 valence electrons. The van der Waals surface area contributed by atoms with Crippen molar-refractivity contribution in [3.63, 3.8) is 0 Å². The van der Waals surface area contributed by atoms with E-state index in [1.807, 2.05) is 36.4 Å². The van der Waals surface area contributed by atoms with Crippen molar-refractivity contribution in [1.82, 2.24) is 5.01 Å². The van der Waals surface area contributed by atoms with E-state index in [-0.39, 0.29) is 17.5 Å². The quantitative estimate of drug-likeness (QED) is 0.347. The fraction of sp³-hybridized carbons (Fsp3) is 0.130. The highest BCUT2D eigenvalue weighted by molar-refractivity contribution is 9.10. The SMILES string of the molecule is CC(=O)N1N=C(c2ccccc2OCc2cccc(Br)c2)OC1c1ccc([N+](=O)[O-])cc1. The number of hydrogen-bond acceptors (Lipinski definition) is 6. The third-order valence-electron chi connectivity index (χ3n) is 4.76. The molecule has 1 aliphatic heterocycles. The molecule has 32 heavy (non-hydrogen) atoms. The van der Waals surface area contributed by atoms with Gasteiger partial charge in [-0.3, -0.25) is 14.9 Å². The number of halogens is 1. The molecule has 1 unspecified atom stereocenters. The van der Waals surface area contributed by atoms with Crippen LogP contribution in [0.2, 0.25) is 0 Å². The first-order valence-corrected chi connectivity index (χ1v) is 10.5. The lowest BCUT2D eigenvalue weighted by Crippen LogP contribution is -2.25. The lowest BCUT2D eigenvalue weighted by atomic mass is 10.1. The molecule has 0 fully saturated rings. The number of nitro benzene ring substituents is 1. The van der Waals surface area contributed by atoms with Gasteiger partial charge in [-0.15, -0.1) is 5.10 Å². The summed E-state index contributed by atoms with van der Waals surface area (Å²) in [5.41, 5.74) is 2.10. The number of hydrazone groups is 1. The topological polar surface area (TPSA) is 94.3 Å². The maximum absolute atomic E-state index is 12.2. The predicted octanol–water partition coefficient (Wildman–Crippen LogP) is 5.18. The van der Waals surface area contributed by atoms with E-state index in [1.54, 1.807) is 24.3 Å². The summed E-state index contributed by atoms with van der Waals surface area (Å²) in [6.07, 6.45) is -0.832. The predicted molar refractivity (Wildman–Crippen MR) is 121 cm³/mol. The summed E-state index contributed by atoms with van der Waals surface area (Å²) in [4.78, 5) is 22.7. The second-order valence-electron chi connectivity index (χ2n) is 7.00. The molecule has 0 radical (unpaired) electrons. The zero-order valence-electron chi connectivity index (χ0n) is 17.0. The van der Waals surface area contributed by atoms with E-state index >= 15 is 0 Å². The van der Waals surface area contributed by atoms with Crippen molar-refractivity contribution in [2.75, 3.05) is 0 Å². The summed E-state index contributed by atoms with van der Waals surface area (Å²) in [6, 6.07) is 20.9. The van der Waals surface area contributed by atoms with E-state index in [0.29, 0.717) is 23.5 Å². The lowest BCUT2D eigenvalue weighted by Gasteiger charge is -2.19. The third-order valence-corrected chi connectivity index (χ3v) is 5.25. The highest BCUT2D eigenvalue weighted by Crippen LogP contribution is 2.33. The number of amides is 1. The number of carbonyl (C=O) groups is 1. The Balaban J connectivity index is 1.59. The molecule has 0 N–H and O–H groups in total. The average molecular weight is 496 g/mol. The maximum Gasteiger partial charge on any atom is 0.269 e. The summed E-state index contributed by atoms with van der Waals surface area (Å²) in [7, 11) is 0. The molecular formula is C23H18BrN3O5. The molecule has 0 spiro atoms. The Morgan fingerprint density at radius 2 is 1.91 bits per heavy atom. The molecule has 1 heterocycles. The average Bonchev–Trinajstić information content (AvgIpc) is 3.24. The van der Waals surface area contributed by atoms with Gasteiger partial charge in [-0.1, -0.05) is 40.2 Å². The second-order valence-corrected chi connectivity index (χ2v) is 7.92. The largest absolute Gasteiger partial charge is 0.488 e. The maximum atomic E-state index is 12.2. The van der Waals surface area contributed by atoms with Gasteiger partial charge < -0.3 is 9.47 Å². The van der Waals surface area contributed by atoms with Crippen molar-refractivity contribution in [3.05, 3.63) is 104 Å². The van der Waals surface area contributed by atoms with Gasteiger partial charge in [-0.05, 0) is 42.0 Å². The fourth-order valence-corrected chi connectivity index (χ4v) is 3.66. The van der Waals surface area contributed by atoms with Crippen molar-refractivity contribution in [2.45, 2.75) is 19.8 Å². The molecule has 9 heteroatoms. The minimum atomic E-state index is -0.832. The first kappa shape index (κ1) is 21.5. The van der Waals surface area contributed by atoms with E-state index in [9.17, 15) is 14.9 Å². The van der Waals surface area contributed by atoms with Gasteiger partial charge >= 0.3 is 0 Å². The molecule has 1 atom stereocenters. The first-order chi connectivity index (χ1) is 15.4. The van der Waals surface area contributed by atoms with Crippen molar-refractivity contribution in [2.24, 2.45) is 5.10 Å². The number of rotatable bonds is 6. The Kier molecular flexibility index (Phi) is 6.18. The van der Waals surface area contributed by atoms with Crippen LogP contribution in [0.25, 0.3) is 0 Å². The smallest absolute Gasteiger partial charge is 0.269 e. The fourth-order valence-electron chi connectivity index (χ4n) is 3.21. The lowest BCUT2D eigenvalue weighted by molar-refractivity contribution is -0.384. The Morgan fingerprint density at radius 3 is 2.59 bits per heavy atom. The van der Waals surface area contributed by atoms with Crippen molar-refractivity contribution < 1.29 is 19.2 Å². The van der Waals surface area contributed by atoms with E-state index in [0.717, 1.165) is 10.0 Å². The van der Waals surface area contributed by atoms with Crippen LogP contribution in [0.5, 0.6) is 5.75 Å². The monoisotopic (exact) mass is 495 g/mol. The number of benzene rings is 3. The van der Waals surface area contributed by atoms with E-state index in [2.05, 4.69) is 21.0 Å². The van der Waals surface area contributed by atoms with Crippen LogP contribution in [0.4, 0.5) is 5.69 Å². The third kappa shape index (κ3) is 4.62. The molecule has 0 aromatic heterocycles. The van der Waals surface area contributed by atoms with Gasteiger partial charge in [0.1, 0.15) is 12.4 Å². The van der Waals surface area contributed by atoms with Crippen LogP contribution >= 0.6 is 15.9 Å². The van der Waals surface area contributed by atoms with Crippen LogP contribution in [0.1, 0.15) is 29.8 Å². The van der Waals surface area contributed by atoms with Gasteiger partial charge in [0, 0.05) is 29.1 Å². The van der Waals surface area contributed by atoms with Crippen LogP contribution in [0.3, 0.4) is 0 Å². The van der Waals surface area contributed by atoms with E-state index in [1.165, 1.54) is 24.1 Å². The number of para-hydroxylation sites is 1. The van der Waals surface area contributed by atoms with E-state index in [4.69, 9.17) is 9.47 Å². The minimum Gasteiger partial charge on any atom is -0.488 e. The molecule has 1 aliphatic rings. The molecule has 3 aromatic carbocycles. The molecule has 4 rings (SSSR count). The van der Waals surface area contributed by atoms with Gasteiger partial charge in [-0.2, -0.15) is 5.01 Å². The summed E-state index contributed by atoms with van der Waals surface area (Å²) in [5.74, 6) is 0.461. The molecular weight excluding hydrogens is 478 g/mol. The van der Waals surface area contributed by atoms with Crippen molar-refractivity contribution in [3.8, 4) is 5.75 Å². The molecule has 3 aromatic rings. The molecule has 8 nitrogen and oxygen atoms in total. The van der Waals surface area contributed by atoms with Gasteiger partial charge in [0.25, 0.3) is 5.69 Å². The Bertz CT molecular complexity index is 1200. The Labute approximate surface area is 192 Å². The van der Waals surface area contributed by atoms with Crippen LogP contribution in [-0.2, 0) is 16.1 Å². The van der Waals surface area contributed by atoms with Crippen LogP contribution in [0, 0.1) is 10.1 Å². The van der Waals surface area contributed by atoms with Gasteiger partial charge in [0.2, 0.25) is 18.0 Å². The number of ether oxygens (including phenoxy) is 2. The molecule has 0 aliphatic carbocycles. The van der Waals surface area contributed by atoms with Crippen molar-refractivity contribution in [1.29, 1.82) is 0 Å². The second kappa shape index (κ2) is 9.19. The van der Waals surface area contributed by atoms with Gasteiger partial charge in [0.05, 0.1) is 10.5 Å². The summed E-state index contributed by atoms with van der Waals surface area (Å²) >= 11 is 3.45. The number of hydrogen-bond donors (Lipinski definition) is 0. The number of carbonyl (C=O) groups excluding carboxylic acids is 1. The summed E-state index contributed by atoms with van der Waals surface area (Å²) < 4.78 is 13.0. The summed E-state index contributed by atoms with van der Waals surface area (Å²) in [6.45, 7) is 1.72. The standard InChI is InChI=1S/C23H18BrN3O5/c1-15(28)26-23(17-9-11-19(12-10-17)27(29)30)32-22(25-26)20-7-2-3-8-21(20)31-14-16-5-4-6-18(24)13-16/h2-13,23H,14H2,1H3. The molecule has 1 amide bonds. The molecule has 0 saturated carbocycles. The zero-order chi connectivity index (χ0) is 22.7. The highest BCUT2D eigenvalue weighted by Gasteiger charge is 2.34. The Morgan fingerprint density at radius 1 is 1.16 bits per heavy atom. The van der Waals surface area contributed by atoms with Crippen LogP contribution in [0.15, 0.2) is 82.4 Å². The van der Waals surface area contributed by atoms with Gasteiger partial charge in [-0.25, -0.2) is 0 Å².